The Bertz CT molecular complexity index is 1060. The van der Waals surface area contributed by atoms with Crippen LogP contribution in [0.4, 0.5) is 0 Å². The van der Waals surface area contributed by atoms with Gasteiger partial charge in [0.1, 0.15) is 29.7 Å². The highest BCUT2D eigenvalue weighted by Crippen LogP contribution is 2.38. The molecule has 13 heteroatoms. The van der Waals surface area contributed by atoms with Gasteiger partial charge >= 0.3 is 5.97 Å². The summed E-state index contributed by atoms with van der Waals surface area (Å²) in [5.41, 5.74) is -1.93. The predicted octanol–water partition coefficient (Wildman–Crippen LogP) is 2.02. The first-order valence-electron chi connectivity index (χ1n) is 18.2. The minimum atomic E-state index is -1.93. The van der Waals surface area contributed by atoms with Gasteiger partial charge < -0.3 is 54.1 Å². The number of aliphatic hydroxyl groups is 5. The van der Waals surface area contributed by atoms with Crippen molar-refractivity contribution in [1.29, 1.82) is 0 Å². The SMILES string of the molecule is CCC[C@H]1OC(=O)[C@H](C)[C@@H](O[C@H]2CC(O)C(O)C(C)O2)[C@H](C)[C@@H](O[C@@H]2O[C@H](C)CC(N(C)C)C2O)[C@@H](C)C[C@@H](C)C(=O)[C@H](C)[C@@H](O)[C@]1(C)O. The standard InChI is InChI=1S/C36H65NO12/c1-12-13-26-36(9,44)33(42)20(5)28(39)17(2)14-18(3)31(49-35-30(41)24(37(10)11)15-19(4)45-35)21(6)32(22(7)34(43)47-26)48-27-16-25(38)29(40)23(8)46-27/h17-27,29-33,35,38,40-42,44H,12-16H2,1-11H3/t17-,18+,19-,20+,21-,22-,23?,24?,25?,26-,27+,29?,30?,31+,32+,33-,35+,36-/m1/s1. The summed E-state index contributed by atoms with van der Waals surface area (Å²) >= 11 is 0. The van der Waals surface area contributed by atoms with Crippen LogP contribution < -0.4 is 0 Å². The van der Waals surface area contributed by atoms with Crippen LogP contribution in [0.15, 0.2) is 0 Å². The Balaban J connectivity index is 2.11. The maximum atomic E-state index is 14.0. The Morgan fingerprint density at radius 2 is 1.49 bits per heavy atom. The van der Waals surface area contributed by atoms with E-state index < -0.39 is 96.7 Å². The van der Waals surface area contributed by atoms with Crippen LogP contribution in [0.1, 0.15) is 94.4 Å². The Hall–Kier alpha value is -1.26. The highest BCUT2D eigenvalue weighted by molar-refractivity contribution is 5.83. The van der Waals surface area contributed by atoms with Gasteiger partial charge in [-0.3, -0.25) is 9.59 Å². The third-order valence-electron chi connectivity index (χ3n) is 11.2. The number of carbonyl (C=O) groups excluding carboxylic acids is 2. The number of hydrogen-bond acceptors (Lipinski definition) is 13. The molecule has 0 aromatic heterocycles. The smallest absolute Gasteiger partial charge is 0.311 e. The molecule has 18 atom stereocenters. The number of ether oxygens (including phenoxy) is 5. The summed E-state index contributed by atoms with van der Waals surface area (Å²) in [7, 11) is 3.77. The summed E-state index contributed by atoms with van der Waals surface area (Å²) < 4.78 is 31.3. The molecule has 3 saturated heterocycles. The maximum Gasteiger partial charge on any atom is 0.311 e. The highest BCUT2D eigenvalue weighted by Gasteiger charge is 2.50. The van der Waals surface area contributed by atoms with Crippen molar-refractivity contribution in [1.82, 2.24) is 4.90 Å². The Labute approximate surface area is 292 Å². The van der Waals surface area contributed by atoms with E-state index in [2.05, 4.69) is 0 Å². The van der Waals surface area contributed by atoms with Gasteiger partial charge in [-0.25, -0.2) is 0 Å². The summed E-state index contributed by atoms with van der Waals surface area (Å²) in [6.07, 6.45) is -8.88. The molecule has 3 aliphatic heterocycles. The molecule has 0 spiro atoms. The van der Waals surface area contributed by atoms with E-state index in [1.54, 1.807) is 27.7 Å². The lowest BCUT2D eigenvalue weighted by molar-refractivity contribution is -0.298. The first-order chi connectivity index (χ1) is 22.7. The van der Waals surface area contributed by atoms with Crippen molar-refractivity contribution in [3.63, 3.8) is 0 Å². The topological polar surface area (TPSA) is 185 Å². The lowest BCUT2D eigenvalue weighted by Gasteiger charge is -2.46. The molecule has 5 N–H and O–H groups in total. The zero-order valence-electron chi connectivity index (χ0n) is 31.4. The quantitative estimate of drug-likeness (QED) is 0.243. The van der Waals surface area contributed by atoms with E-state index in [1.165, 1.54) is 6.92 Å². The van der Waals surface area contributed by atoms with Crippen LogP contribution in [0, 0.1) is 29.6 Å². The fourth-order valence-electron chi connectivity index (χ4n) is 7.98. The van der Waals surface area contributed by atoms with E-state index in [9.17, 15) is 35.1 Å². The van der Waals surface area contributed by atoms with E-state index >= 15 is 0 Å². The molecular formula is C36H65NO12. The largest absolute Gasteiger partial charge is 0.459 e. The second-order valence-electron chi connectivity index (χ2n) is 15.7. The number of aliphatic hydroxyl groups excluding tert-OH is 4. The lowest BCUT2D eigenvalue weighted by atomic mass is 9.75. The number of likely N-dealkylation sites (N-methyl/N-ethyl adjacent to an activating group) is 1. The Morgan fingerprint density at radius 1 is 0.857 bits per heavy atom. The molecule has 3 fully saturated rings. The van der Waals surface area contributed by atoms with Crippen LogP contribution in [0.2, 0.25) is 0 Å². The number of esters is 1. The Morgan fingerprint density at radius 3 is 2.06 bits per heavy atom. The predicted molar refractivity (Wildman–Crippen MR) is 180 cm³/mol. The van der Waals surface area contributed by atoms with Gasteiger partial charge in [0.2, 0.25) is 0 Å². The third kappa shape index (κ3) is 9.79. The summed E-state index contributed by atoms with van der Waals surface area (Å²) in [5, 5.41) is 55.3. The van der Waals surface area contributed by atoms with Gasteiger partial charge in [-0.05, 0) is 67.0 Å². The normalized spacial score (nSPS) is 48.2. The molecule has 0 aromatic rings. The molecule has 3 heterocycles. The molecule has 0 radical (unpaired) electrons. The fraction of sp³-hybridized carbons (Fsp3) is 0.944. The van der Waals surface area contributed by atoms with Crippen LogP contribution >= 0.6 is 0 Å². The number of rotatable bonds is 7. The van der Waals surface area contributed by atoms with Crippen molar-refractivity contribution in [2.45, 2.75) is 174 Å². The van der Waals surface area contributed by atoms with E-state index in [0.29, 0.717) is 19.3 Å². The highest BCUT2D eigenvalue weighted by atomic mass is 16.7. The molecular weight excluding hydrogens is 638 g/mol. The average molecular weight is 704 g/mol. The van der Waals surface area contributed by atoms with Crippen molar-refractivity contribution in [3.05, 3.63) is 0 Å². The summed E-state index contributed by atoms with van der Waals surface area (Å²) in [6.45, 7) is 15.6. The number of nitrogens with zero attached hydrogens (tertiary/aromatic N) is 1. The van der Waals surface area contributed by atoms with Crippen LogP contribution in [-0.2, 0) is 33.3 Å². The van der Waals surface area contributed by atoms with Crippen LogP contribution in [0.3, 0.4) is 0 Å². The first-order valence-corrected chi connectivity index (χ1v) is 18.2. The van der Waals surface area contributed by atoms with Crippen molar-refractivity contribution in [2.24, 2.45) is 29.6 Å². The zero-order valence-corrected chi connectivity index (χ0v) is 31.4. The van der Waals surface area contributed by atoms with Crippen molar-refractivity contribution in [2.75, 3.05) is 14.1 Å². The van der Waals surface area contributed by atoms with Crippen molar-refractivity contribution >= 4 is 11.8 Å². The third-order valence-corrected chi connectivity index (χ3v) is 11.2. The van der Waals surface area contributed by atoms with Gasteiger partial charge in [0.15, 0.2) is 12.6 Å². The van der Waals surface area contributed by atoms with Crippen LogP contribution in [-0.4, -0.2) is 135 Å². The van der Waals surface area contributed by atoms with Gasteiger partial charge in [-0.1, -0.05) is 41.0 Å². The molecule has 13 nitrogen and oxygen atoms in total. The monoisotopic (exact) mass is 703 g/mol. The summed E-state index contributed by atoms with van der Waals surface area (Å²) in [6, 6.07) is -0.241. The van der Waals surface area contributed by atoms with Gasteiger partial charge in [0, 0.05) is 30.2 Å². The minimum absolute atomic E-state index is 0.0488. The molecule has 3 aliphatic rings. The summed E-state index contributed by atoms with van der Waals surface area (Å²) in [5.74, 6) is -4.37. The van der Waals surface area contributed by atoms with Crippen LogP contribution in [0.5, 0.6) is 0 Å². The zero-order chi connectivity index (χ0) is 37.1. The molecule has 0 amide bonds. The molecule has 3 rings (SSSR count). The molecule has 5 unspecified atom stereocenters. The van der Waals surface area contributed by atoms with Gasteiger partial charge in [-0.15, -0.1) is 0 Å². The molecule has 0 aromatic carbocycles. The fourth-order valence-corrected chi connectivity index (χ4v) is 7.98. The lowest BCUT2D eigenvalue weighted by Crippen LogP contribution is -2.58. The molecule has 0 aliphatic carbocycles. The Kier molecular flexibility index (Phi) is 15.1. The minimum Gasteiger partial charge on any atom is -0.459 e. The van der Waals surface area contributed by atoms with Gasteiger partial charge in [0.05, 0.1) is 42.5 Å². The molecule has 0 bridgehead atoms. The van der Waals surface area contributed by atoms with E-state index in [4.69, 9.17) is 23.7 Å². The molecule has 286 valence electrons. The van der Waals surface area contributed by atoms with E-state index in [1.807, 2.05) is 46.7 Å². The number of carbonyl (C=O) groups is 2. The first kappa shape index (κ1) is 42.2. The molecule has 0 saturated carbocycles. The number of cyclic esters (lactones) is 1. The van der Waals surface area contributed by atoms with Gasteiger partial charge in [0.25, 0.3) is 0 Å². The van der Waals surface area contributed by atoms with E-state index in [-0.39, 0.29) is 36.7 Å². The maximum absolute atomic E-state index is 14.0. The summed E-state index contributed by atoms with van der Waals surface area (Å²) in [4.78, 5) is 29.7. The van der Waals surface area contributed by atoms with Crippen molar-refractivity contribution < 1.29 is 58.8 Å². The van der Waals surface area contributed by atoms with E-state index in [0.717, 1.165) is 0 Å². The average Bonchev–Trinajstić information content (AvgIpc) is 3.03. The van der Waals surface area contributed by atoms with Crippen molar-refractivity contribution in [3.8, 4) is 0 Å². The number of ketones is 1. The second kappa shape index (κ2) is 17.5. The van der Waals surface area contributed by atoms with Crippen LogP contribution in [0.25, 0.3) is 0 Å². The van der Waals surface area contributed by atoms with Gasteiger partial charge in [-0.2, -0.15) is 0 Å². The second-order valence-corrected chi connectivity index (χ2v) is 15.7. The molecule has 49 heavy (non-hydrogen) atoms. The number of hydrogen-bond donors (Lipinski definition) is 5. The number of Topliss-reactive ketones (excluding diaryl/α,β-unsaturated/α-hetero) is 1.